The van der Waals surface area contributed by atoms with Gasteiger partial charge in [-0.2, -0.15) is 0 Å². The summed E-state index contributed by atoms with van der Waals surface area (Å²) in [4.78, 5) is 0. The van der Waals surface area contributed by atoms with Crippen LogP contribution in [-0.2, 0) is 0 Å². The molecule has 270 valence electrons. The van der Waals surface area contributed by atoms with Gasteiger partial charge < -0.3 is 9.47 Å². The van der Waals surface area contributed by atoms with Gasteiger partial charge in [-0.3, -0.25) is 0 Å². The van der Waals surface area contributed by atoms with Crippen LogP contribution in [0.2, 0.25) is 39.3 Å². The van der Waals surface area contributed by atoms with Crippen molar-refractivity contribution in [3.05, 3.63) is 146 Å². The van der Waals surface area contributed by atoms with E-state index in [1.54, 1.807) is 0 Å². The van der Waals surface area contributed by atoms with Crippen molar-refractivity contribution in [1.82, 2.24) is 0 Å². The normalized spacial score (nSPS) is 13.1. The van der Waals surface area contributed by atoms with Crippen LogP contribution in [0, 0.1) is 0 Å². The molecule has 2 nitrogen and oxygen atoms in total. The van der Waals surface area contributed by atoms with Crippen molar-refractivity contribution in [1.29, 1.82) is 0 Å². The number of rotatable bonds is 4. The molecule has 4 heteroatoms. The van der Waals surface area contributed by atoms with Gasteiger partial charge in [0.15, 0.2) is 0 Å². The SMILES string of the molecule is C[Si](C)(C)c1ccc2c(c1)Oc1ccc(-c3c4ccccc4c(-c4ccc5c(c4)Oc4ccc([Si](C)(C)C)c6cccc-5c46)c4ccccc34)c3cccc-2c13. The third kappa shape index (κ3) is 4.85. The summed E-state index contributed by atoms with van der Waals surface area (Å²) in [7, 11) is -3.07. The first-order valence-electron chi connectivity index (χ1n) is 19.8. The molecule has 9 aromatic carbocycles. The lowest BCUT2D eigenvalue weighted by Gasteiger charge is -2.26. The van der Waals surface area contributed by atoms with E-state index in [1.807, 2.05) is 0 Å². The molecule has 0 atom stereocenters. The fourth-order valence-electron chi connectivity index (χ4n) is 9.49. The van der Waals surface area contributed by atoms with Gasteiger partial charge in [0.2, 0.25) is 0 Å². The summed E-state index contributed by atoms with van der Waals surface area (Å²) < 4.78 is 13.6. The largest absolute Gasteiger partial charge is 0.456 e. The molecule has 11 rings (SSSR count). The lowest BCUT2D eigenvalue weighted by molar-refractivity contribution is 0.487. The number of hydrogen-bond donors (Lipinski definition) is 0. The van der Waals surface area contributed by atoms with Gasteiger partial charge >= 0.3 is 0 Å². The van der Waals surface area contributed by atoms with Gasteiger partial charge in [-0.1, -0.05) is 159 Å². The van der Waals surface area contributed by atoms with Gasteiger partial charge in [-0.25, -0.2) is 0 Å². The molecule has 0 radical (unpaired) electrons. The first-order valence-corrected chi connectivity index (χ1v) is 26.8. The molecular formula is C52H42O2Si2. The van der Waals surface area contributed by atoms with E-state index < -0.39 is 16.1 Å². The van der Waals surface area contributed by atoms with Crippen LogP contribution in [0.5, 0.6) is 23.0 Å². The van der Waals surface area contributed by atoms with Crippen LogP contribution in [0.15, 0.2) is 146 Å². The second kappa shape index (κ2) is 11.8. The molecule has 0 saturated carbocycles. The van der Waals surface area contributed by atoms with E-state index in [2.05, 4.69) is 185 Å². The van der Waals surface area contributed by atoms with E-state index in [0.717, 1.165) is 39.7 Å². The highest BCUT2D eigenvalue weighted by Gasteiger charge is 2.28. The Bertz CT molecular complexity index is 3110. The van der Waals surface area contributed by atoms with Gasteiger partial charge in [0.1, 0.15) is 23.0 Å². The van der Waals surface area contributed by atoms with E-state index in [9.17, 15) is 0 Å². The molecule has 0 aliphatic carbocycles. The number of fused-ring (bicyclic) bond motifs is 6. The van der Waals surface area contributed by atoms with Crippen LogP contribution >= 0.6 is 0 Å². The topological polar surface area (TPSA) is 18.5 Å². The zero-order valence-electron chi connectivity index (χ0n) is 32.7. The highest BCUT2D eigenvalue weighted by molar-refractivity contribution is 6.90. The van der Waals surface area contributed by atoms with Gasteiger partial charge in [0, 0.05) is 21.9 Å². The lowest BCUT2D eigenvalue weighted by atomic mass is 9.83. The van der Waals surface area contributed by atoms with Crippen LogP contribution in [0.4, 0.5) is 0 Å². The van der Waals surface area contributed by atoms with E-state index in [1.165, 1.54) is 81.3 Å². The standard InChI is InChI=1S/C52H42O2Si2/c1-55(2,3)32-22-24-34-35-17-11-19-41-42(25-26-44(51(35)41)54-47(34)30-32)50-39-15-9-7-13-37(39)49(38-14-8-10-16-40(38)50)31-21-23-33-36-18-12-20-43-48(56(4,5)6)28-27-45(52(36)43)53-46(33)29-31/h7-30H,1-6H3. The minimum absolute atomic E-state index is 0.904. The Morgan fingerprint density at radius 3 is 1.45 bits per heavy atom. The Hall–Kier alpha value is -5.95. The van der Waals surface area contributed by atoms with Gasteiger partial charge in [0.05, 0.1) is 16.1 Å². The molecule has 2 aliphatic heterocycles. The maximum Gasteiger partial charge on any atom is 0.135 e. The molecule has 2 aliphatic rings. The highest BCUT2D eigenvalue weighted by atomic mass is 28.3. The summed E-state index contributed by atoms with van der Waals surface area (Å²) in [6.45, 7) is 14.4. The molecular weight excluding hydrogens is 713 g/mol. The Kier molecular flexibility index (Phi) is 7.03. The van der Waals surface area contributed by atoms with Crippen molar-refractivity contribution in [3.8, 4) is 67.5 Å². The average Bonchev–Trinajstić information content (AvgIpc) is 3.19. The Morgan fingerprint density at radius 1 is 0.339 bits per heavy atom. The molecule has 0 N–H and O–H groups in total. The van der Waals surface area contributed by atoms with Crippen molar-refractivity contribution >= 4 is 69.6 Å². The lowest BCUT2D eigenvalue weighted by Crippen LogP contribution is -2.38. The predicted molar refractivity (Wildman–Crippen MR) is 244 cm³/mol. The number of hydrogen-bond acceptors (Lipinski definition) is 2. The van der Waals surface area contributed by atoms with Crippen molar-refractivity contribution in [3.63, 3.8) is 0 Å². The minimum atomic E-state index is -1.56. The van der Waals surface area contributed by atoms with Crippen LogP contribution in [0.3, 0.4) is 0 Å². The first kappa shape index (κ1) is 33.4. The molecule has 0 aromatic heterocycles. The van der Waals surface area contributed by atoms with Crippen molar-refractivity contribution in [2.24, 2.45) is 0 Å². The monoisotopic (exact) mass is 754 g/mol. The quantitative estimate of drug-likeness (QED) is 0.132. The zero-order valence-corrected chi connectivity index (χ0v) is 34.7. The number of ether oxygens (including phenoxy) is 2. The van der Waals surface area contributed by atoms with Gasteiger partial charge in [-0.05, 0) is 102 Å². The summed E-state index contributed by atoms with van der Waals surface area (Å²) in [5.74, 6) is 3.73. The van der Waals surface area contributed by atoms with E-state index in [-0.39, 0.29) is 0 Å². The van der Waals surface area contributed by atoms with Crippen molar-refractivity contribution in [2.75, 3.05) is 0 Å². The molecule has 2 heterocycles. The Balaban J connectivity index is 1.12. The third-order valence-corrected chi connectivity index (χ3v) is 16.2. The second-order valence-electron chi connectivity index (χ2n) is 17.6. The molecule has 0 spiro atoms. The van der Waals surface area contributed by atoms with Gasteiger partial charge in [0.25, 0.3) is 0 Å². The fraction of sp³-hybridized carbons (Fsp3) is 0.115. The number of benzene rings is 9. The summed E-state index contributed by atoms with van der Waals surface area (Å²) in [6.07, 6.45) is 0. The highest BCUT2D eigenvalue weighted by Crippen LogP contribution is 2.53. The zero-order chi connectivity index (χ0) is 38.1. The minimum Gasteiger partial charge on any atom is -0.456 e. The smallest absolute Gasteiger partial charge is 0.135 e. The third-order valence-electron chi connectivity index (χ3n) is 12.2. The van der Waals surface area contributed by atoms with Crippen LogP contribution in [0.25, 0.3) is 87.6 Å². The predicted octanol–water partition coefficient (Wildman–Crippen LogP) is 14.3. The summed E-state index contributed by atoms with van der Waals surface area (Å²) in [5.41, 5.74) is 9.63. The molecule has 0 saturated heterocycles. The Morgan fingerprint density at radius 2 is 0.839 bits per heavy atom. The van der Waals surface area contributed by atoms with E-state index in [0.29, 0.717) is 0 Å². The molecule has 0 bridgehead atoms. The van der Waals surface area contributed by atoms with Crippen molar-refractivity contribution < 1.29 is 9.47 Å². The second-order valence-corrected chi connectivity index (χ2v) is 27.8. The fourth-order valence-corrected chi connectivity index (χ4v) is 12.2. The maximum absolute atomic E-state index is 6.84. The molecule has 0 amide bonds. The van der Waals surface area contributed by atoms with Crippen LogP contribution < -0.4 is 19.8 Å². The maximum atomic E-state index is 6.84. The average molecular weight is 755 g/mol. The molecule has 0 unspecified atom stereocenters. The summed E-state index contributed by atoms with van der Waals surface area (Å²) in [5, 5.41) is 12.7. The van der Waals surface area contributed by atoms with Crippen LogP contribution in [-0.4, -0.2) is 16.1 Å². The Labute approximate surface area is 330 Å². The summed E-state index contributed by atoms with van der Waals surface area (Å²) >= 11 is 0. The summed E-state index contributed by atoms with van der Waals surface area (Å²) in [6, 6.07) is 54.0. The molecule has 0 fully saturated rings. The van der Waals surface area contributed by atoms with E-state index in [4.69, 9.17) is 9.47 Å². The first-order chi connectivity index (χ1) is 27.0. The van der Waals surface area contributed by atoms with Crippen LogP contribution in [0.1, 0.15) is 0 Å². The van der Waals surface area contributed by atoms with Gasteiger partial charge in [-0.15, -0.1) is 0 Å². The van der Waals surface area contributed by atoms with E-state index >= 15 is 0 Å². The molecule has 9 aromatic rings. The molecule has 56 heavy (non-hydrogen) atoms. The van der Waals surface area contributed by atoms with Crippen molar-refractivity contribution in [2.45, 2.75) is 39.3 Å².